The highest BCUT2D eigenvalue weighted by atomic mass is 15.3. The second-order valence-electron chi connectivity index (χ2n) is 7.87. The van der Waals surface area contributed by atoms with Crippen molar-refractivity contribution in [2.75, 3.05) is 26.2 Å². The molecule has 0 radical (unpaired) electrons. The van der Waals surface area contributed by atoms with E-state index in [1.807, 2.05) is 18.2 Å². The molecule has 0 aromatic heterocycles. The fraction of sp³-hybridized carbons (Fsp3) is 0.286. The molecule has 0 bridgehead atoms. The zero-order valence-corrected chi connectivity index (χ0v) is 19.1. The van der Waals surface area contributed by atoms with Gasteiger partial charge in [-0.15, -0.1) is 0 Å². The predicted octanol–water partition coefficient (Wildman–Crippen LogP) is 4.21. The highest BCUT2D eigenvalue weighted by molar-refractivity contribution is 7.16. The van der Waals surface area contributed by atoms with Gasteiger partial charge >= 0.3 is 0 Å². The average Bonchev–Trinajstić information content (AvgIpc) is 2.84. The van der Waals surface area contributed by atoms with E-state index in [1.54, 1.807) is 0 Å². The monoisotopic (exact) mass is 397 g/mol. The fourth-order valence-corrected chi connectivity index (χ4v) is 4.43. The predicted molar refractivity (Wildman–Crippen MR) is 135 cm³/mol. The molecular formula is C28H36BN. The van der Waals surface area contributed by atoms with Crippen LogP contribution in [0.2, 0.25) is 0 Å². The standard InChI is InChI=1S/C20H16B.C8H20N/c1-2-21(18-12-6-3-7-13-18,19-14-8-4-9-15-19)20-16-10-5-11-17-20;1-5-9(6-2,7-3)8-4/h1,3-17H;5-8H2,1-4H3/q-1;+1. The topological polar surface area (TPSA) is 0 Å². The molecule has 0 atom stereocenters. The highest BCUT2D eigenvalue weighted by Crippen LogP contribution is 2.06. The van der Waals surface area contributed by atoms with Gasteiger partial charge in [0.25, 0.3) is 0 Å². The summed E-state index contributed by atoms with van der Waals surface area (Å²) in [6.07, 6.45) is 4.71. The van der Waals surface area contributed by atoms with Gasteiger partial charge in [-0.1, -0.05) is 91.0 Å². The van der Waals surface area contributed by atoms with Crippen molar-refractivity contribution in [1.29, 1.82) is 0 Å². The van der Waals surface area contributed by atoms with E-state index in [0.717, 1.165) is 0 Å². The minimum atomic E-state index is -1.37. The Bertz CT molecular complexity index is 779. The zero-order chi connectivity index (χ0) is 21.9. The summed E-state index contributed by atoms with van der Waals surface area (Å²) in [6.45, 7) is 14.2. The first-order chi connectivity index (χ1) is 14.6. The van der Waals surface area contributed by atoms with Crippen LogP contribution in [0.15, 0.2) is 91.0 Å². The second kappa shape index (κ2) is 11.4. The van der Waals surface area contributed by atoms with Crippen molar-refractivity contribution in [3.8, 4) is 12.2 Å². The molecule has 2 heteroatoms. The van der Waals surface area contributed by atoms with Crippen LogP contribution in [0.5, 0.6) is 0 Å². The van der Waals surface area contributed by atoms with Crippen LogP contribution >= 0.6 is 0 Å². The van der Waals surface area contributed by atoms with Crippen molar-refractivity contribution >= 4 is 22.5 Å². The number of rotatable bonds is 7. The molecule has 0 spiro atoms. The van der Waals surface area contributed by atoms with Crippen LogP contribution in [0, 0.1) is 12.2 Å². The van der Waals surface area contributed by atoms with Gasteiger partial charge in [-0.05, 0) is 27.7 Å². The Labute approximate surface area is 184 Å². The molecule has 0 aliphatic carbocycles. The minimum absolute atomic E-state index is 1.18. The lowest BCUT2D eigenvalue weighted by Crippen LogP contribution is -2.66. The first-order valence-electron chi connectivity index (χ1n) is 11.3. The lowest BCUT2D eigenvalue weighted by Gasteiger charge is -2.38. The lowest BCUT2D eigenvalue weighted by atomic mass is 9.16. The average molecular weight is 397 g/mol. The Morgan fingerprint density at radius 2 is 0.833 bits per heavy atom. The van der Waals surface area contributed by atoms with Crippen molar-refractivity contribution < 1.29 is 4.48 Å². The number of hydrogen-bond donors (Lipinski definition) is 0. The maximum absolute atomic E-state index is 6.08. The summed E-state index contributed by atoms with van der Waals surface area (Å²) in [4.78, 5) is 0. The quantitative estimate of drug-likeness (QED) is 0.318. The Morgan fingerprint density at radius 1 is 0.567 bits per heavy atom. The Morgan fingerprint density at radius 3 is 1.00 bits per heavy atom. The number of benzene rings is 3. The molecule has 3 rings (SSSR count). The summed E-state index contributed by atoms with van der Waals surface area (Å²) in [5.74, 6) is 3.13. The first-order valence-corrected chi connectivity index (χ1v) is 11.3. The van der Waals surface area contributed by atoms with Gasteiger partial charge < -0.3 is 10.3 Å². The number of quaternary nitrogens is 1. The SMILES string of the molecule is C#C[B-](c1ccccc1)(c1ccccc1)c1ccccc1.CC[N+](CC)(CC)CC. The van der Waals surface area contributed by atoms with E-state index in [9.17, 15) is 0 Å². The summed E-state index contributed by atoms with van der Waals surface area (Å²) in [5, 5.41) is 0. The van der Waals surface area contributed by atoms with Crippen LogP contribution in [0.25, 0.3) is 0 Å². The van der Waals surface area contributed by atoms with Crippen LogP contribution in [-0.4, -0.2) is 36.8 Å². The number of terminal acetylenes is 1. The number of nitrogens with zero attached hydrogens (tertiary/aromatic N) is 1. The third-order valence-corrected chi connectivity index (χ3v) is 6.83. The summed E-state index contributed by atoms with van der Waals surface area (Å²) in [5.41, 5.74) is 3.53. The Hall–Kier alpha value is -2.76. The van der Waals surface area contributed by atoms with Crippen molar-refractivity contribution in [2.24, 2.45) is 0 Å². The Kier molecular flexibility index (Phi) is 8.97. The van der Waals surface area contributed by atoms with E-state index in [4.69, 9.17) is 6.42 Å². The molecule has 0 N–H and O–H groups in total. The molecule has 0 unspecified atom stereocenters. The molecule has 3 aromatic carbocycles. The molecule has 30 heavy (non-hydrogen) atoms. The van der Waals surface area contributed by atoms with E-state index in [0.29, 0.717) is 0 Å². The van der Waals surface area contributed by atoms with Gasteiger partial charge in [-0.2, -0.15) is 22.8 Å². The largest absolute Gasteiger partial charge is 0.325 e. The molecule has 1 nitrogen and oxygen atoms in total. The fourth-order valence-electron chi connectivity index (χ4n) is 4.43. The van der Waals surface area contributed by atoms with Crippen LogP contribution in [0.3, 0.4) is 0 Å². The van der Waals surface area contributed by atoms with E-state index < -0.39 is 6.15 Å². The molecule has 0 saturated carbocycles. The Balaban J connectivity index is 0.000000303. The molecule has 0 amide bonds. The van der Waals surface area contributed by atoms with E-state index in [-0.39, 0.29) is 0 Å². The second-order valence-corrected chi connectivity index (χ2v) is 7.87. The van der Waals surface area contributed by atoms with Gasteiger partial charge in [-0.3, -0.25) is 0 Å². The van der Waals surface area contributed by atoms with Crippen LogP contribution < -0.4 is 16.4 Å². The maximum Gasteiger partial charge on any atom is 0.148 e. The van der Waals surface area contributed by atoms with Gasteiger partial charge in [0.05, 0.1) is 26.2 Å². The molecule has 0 aliphatic rings. The molecular weight excluding hydrogens is 361 g/mol. The van der Waals surface area contributed by atoms with E-state index in [2.05, 4.69) is 106 Å². The summed E-state index contributed by atoms with van der Waals surface area (Å²) < 4.78 is 1.28. The first kappa shape index (κ1) is 23.5. The van der Waals surface area contributed by atoms with Gasteiger partial charge in [0.1, 0.15) is 6.15 Å². The molecule has 156 valence electrons. The molecule has 0 heterocycles. The molecule has 0 saturated heterocycles. The maximum atomic E-state index is 6.08. The summed E-state index contributed by atoms with van der Waals surface area (Å²) in [6, 6.07) is 31.1. The third kappa shape index (κ3) is 5.04. The minimum Gasteiger partial charge on any atom is -0.325 e. The van der Waals surface area contributed by atoms with Crippen molar-refractivity contribution in [1.82, 2.24) is 0 Å². The molecule has 0 fully saturated rings. The lowest BCUT2D eigenvalue weighted by molar-refractivity contribution is -0.921. The summed E-state index contributed by atoms with van der Waals surface area (Å²) in [7, 11) is 0. The smallest absolute Gasteiger partial charge is 0.148 e. The van der Waals surface area contributed by atoms with Crippen LogP contribution in [0.4, 0.5) is 0 Å². The zero-order valence-electron chi connectivity index (χ0n) is 19.1. The van der Waals surface area contributed by atoms with Gasteiger partial charge in [0, 0.05) is 0 Å². The van der Waals surface area contributed by atoms with Crippen molar-refractivity contribution in [2.45, 2.75) is 27.7 Å². The van der Waals surface area contributed by atoms with E-state index >= 15 is 0 Å². The third-order valence-electron chi connectivity index (χ3n) is 6.83. The van der Waals surface area contributed by atoms with Gasteiger partial charge in [0.2, 0.25) is 0 Å². The van der Waals surface area contributed by atoms with E-state index in [1.165, 1.54) is 47.1 Å². The summed E-state index contributed by atoms with van der Waals surface area (Å²) >= 11 is 0. The van der Waals surface area contributed by atoms with Crippen molar-refractivity contribution in [3.63, 3.8) is 0 Å². The highest BCUT2D eigenvalue weighted by Gasteiger charge is 2.27. The normalized spacial score (nSPS) is 11.2. The van der Waals surface area contributed by atoms with Crippen LogP contribution in [0.1, 0.15) is 27.7 Å². The van der Waals surface area contributed by atoms with Crippen LogP contribution in [-0.2, 0) is 0 Å². The van der Waals surface area contributed by atoms with Gasteiger partial charge in [0.15, 0.2) is 0 Å². The van der Waals surface area contributed by atoms with Gasteiger partial charge in [-0.25, -0.2) is 0 Å². The molecule has 3 aromatic rings. The molecule has 0 aliphatic heterocycles. The van der Waals surface area contributed by atoms with Crippen molar-refractivity contribution in [3.05, 3.63) is 91.0 Å². The number of hydrogen-bond acceptors (Lipinski definition) is 0.